The molecule has 2 aromatic carbocycles. The van der Waals surface area contributed by atoms with Crippen LogP contribution in [0.4, 0.5) is 14.5 Å². The van der Waals surface area contributed by atoms with Gasteiger partial charge < -0.3 is 29.3 Å². The maximum atomic E-state index is 13.5. The number of carbonyl (C=O) groups excluding carboxylic acids is 3. The molecule has 5 rings (SSSR count). The van der Waals surface area contributed by atoms with Crippen LogP contribution in [0, 0.1) is 11.6 Å². The molecule has 3 aliphatic rings. The second-order valence-electron chi connectivity index (χ2n) is 9.66. The Morgan fingerprint density at radius 3 is 2.61 bits per heavy atom. The van der Waals surface area contributed by atoms with Crippen LogP contribution in [0.15, 0.2) is 36.4 Å². The van der Waals surface area contributed by atoms with E-state index in [1.54, 1.807) is 29.0 Å². The number of benzene rings is 2. The van der Waals surface area contributed by atoms with Gasteiger partial charge in [-0.25, -0.2) is 8.78 Å². The van der Waals surface area contributed by atoms with Crippen molar-refractivity contribution in [1.82, 2.24) is 9.80 Å². The minimum absolute atomic E-state index is 0.0382. The van der Waals surface area contributed by atoms with E-state index in [-0.39, 0.29) is 48.1 Å². The Balaban J connectivity index is 1.27. The van der Waals surface area contributed by atoms with Crippen molar-refractivity contribution in [3.05, 3.63) is 59.2 Å². The molecule has 0 unspecified atom stereocenters. The van der Waals surface area contributed by atoms with Crippen molar-refractivity contribution >= 4 is 23.4 Å². The smallest absolute Gasteiger partial charge is 0.257 e. The molecule has 2 saturated heterocycles. The fourth-order valence-corrected chi connectivity index (χ4v) is 5.08. The average molecular weight is 530 g/mol. The molecule has 9 nitrogen and oxygen atoms in total. The number of rotatable bonds is 4. The molecule has 0 bridgehead atoms. The first kappa shape index (κ1) is 26.1. The highest BCUT2D eigenvalue weighted by Gasteiger charge is 2.39. The lowest BCUT2D eigenvalue weighted by Crippen LogP contribution is -2.54. The zero-order chi connectivity index (χ0) is 26.8. The largest absolute Gasteiger partial charge is 0.490 e. The molecule has 202 valence electrons. The van der Waals surface area contributed by atoms with Crippen LogP contribution in [-0.2, 0) is 14.3 Å². The normalized spacial score (nSPS) is 23.4. The van der Waals surface area contributed by atoms with Gasteiger partial charge in [0.1, 0.15) is 18.5 Å². The first-order valence-corrected chi connectivity index (χ1v) is 12.6. The molecule has 0 spiro atoms. The van der Waals surface area contributed by atoms with E-state index in [1.807, 2.05) is 0 Å². The van der Waals surface area contributed by atoms with Crippen LogP contribution in [0.3, 0.4) is 0 Å². The van der Waals surface area contributed by atoms with Gasteiger partial charge in [-0.2, -0.15) is 0 Å². The summed E-state index contributed by atoms with van der Waals surface area (Å²) in [5, 5.41) is 2.61. The Bertz CT molecular complexity index is 1240. The summed E-state index contributed by atoms with van der Waals surface area (Å²) >= 11 is 0. The Labute approximate surface area is 218 Å². The summed E-state index contributed by atoms with van der Waals surface area (Å²) in [4.78, 5) is 42.0. The lowest BCUT2D eigenvalue weighted by Gasteiger charge is -2.42. The number of fused-ring (bicyclic) bond motifs is 2. The Morgan fingerprint density at radius 1 is 1.05 bits per heavy atom. The van der Waals surface area contributed by atoms with Gasteiger partial charge in [0.15, 0.2) is 11.6 Å². The summed E-state index contributed by atoms with van der Waals surface area (Å²) in [5.41, 5.74) is 0.514. The molecule has 3 aliphatic heterocycles. The first-order valence-electron chi connectivity index (χ1n) is 12.6. The van der Waals surface area contributed by atoms with Gasteiger partial charge in [0.2, 0.25) is 5.91 Å². The summed E-state index contributed by atoms with van der Waals surface area (Å²) in [6.45, 7) is 2.44. The lowest BCUT2D eigenvalue weighted by atomic mass is 9.94. The van der Waals surface area contributed by atoms with E-state index < -0.39 is 23.6 Å². The predicted octanol–water partition coefficient (Wildman–Crippen LogP) is 2.85. The summed E-state index contributed by atoms with van der Waals surface area (Å²) < 4.78 is 44.3. The molecule has 0 aliphatic carbocycles. The monoisotopic (exact) mass is 529 g/mol. The highest BCUT2D eigenvalue weighted by atomic mass is 19.2. The van der Waals surface area contributed by atoms with Crippen LogP contribution in [-0.4, -0.2) is 85.7 Å². The van der Waals surface area contributed by atoms with Crippen molar-refractivity contribution in [3.8, 4) is 5.75 Å². The highest BCUT2D eigenvalue weighted by Crippen LogP contribution is 2.33. The van der Waals surface area contributed by atoms with E-state index in [1.165, 1.54) is 12.1 Å². The molecule has 2 aromatic rings. The van der Waals surface area contributed by atoms with E-state index in [0.717, 1.165) is 12.1 Å². The van der Waals surface area contributed by atoms with Crippen molar-refractivity contribution in [2.75, 3.05) is 45.3 Å². The molecule has 0 radical (unpaired) electrons. The standard InChI is InChI=1S/C27H29F2N3O6/c1-31-22-6-4-18(14-25(33)32-8-10-36-11-9-32)38-24(22)15-37-23-7-3-17(13-19(23)27(31)35)30-26(34)16-2-5-20(28)21(29)12-16/h2-3,5,7,12-13,18,22,24H,4,6,8-11,14-15H2,1H3,(H,30,34)/t18-,22-,24+/m1/s1. The van der Waals surface area contributed by atoms with E-state index in [2.05, 4.69) is 5.32 Å². The van der Waals surface area contributed by atoms with Gasteiger partial charge in [0, 0.05) is 31.4 Å². The van der Waals surface area contributed by atoms with Crippen LogP contribution in [0.25, 0.3) is 0 Å². The lowest BCUT2D eigenvalue weighted by molar-refractivity contribution is -0.146. The summed E-state index contributed by atoms with van der Waals surface area (Å²) in [6.07, 6.45) is 0.900. The topological polar surface area (TPSA) is 97.4 Å². The number of halogens is 2. The molecular weight excluding hydrogens is 500 g/mol. The highest BCUT2D eigenvalue weighted by molar-refractivity contribution is 6.05. The SMILES string of the molecule is CN1C(=O)c2cc(NC(=O)c3ccc(F)c(F)c3)ccc2OC[C@@H]2O[C@@H](CC(=O)N3CCOCC3)CC[C@H]21. The van der Waals surface area contributed by atoms with E-state index in [4.69, 9.17) is 14.2 Å². The van der Waals surface area contributed by atoms with Gasteiger partial charge in [-0.1, -0.05) is 0 Å². The molecule has 38 heavy (non-hydrogen) atoms. The van der Waals surface area contributed by atoms with Crippen molar-refractivity contribution in [3.63, 3.8) is 0 Å². The Kier molecular flexibility index (Phi) is 7.57. The summed E-state index contributed by atoms with van der Waals surface area (Å²) in [6, 6.07) is 7.26. The fraction of sp³-hybridized carbons (Fsp3) is 0.444. The maximum Gasteiger partial charge on any atom is 0.257 e. The number of likely N-dealkylation sites (N-methyl/N-ethyl adjacent to an activating group) is 1. The molecule has 3 amide bonds. The van der Waals surface area contributed by atoms with Crippen LogP contribution in [0.1, 0.15) is 40.0 Å². The van der Waals surface area contributed by atoms with Crippen LogP contribution in [0.5, 0.6) is 5.75 Å². The number of anilines is 1. The minimum atomic E-state index is -1.13. The number of nitrogens with one attached hydrogen (secondary N) is 1. The molecule has 2 fully saturated rings. The molecule has 0 saturated carbocycles. The van der Waals surface area contributed by atoms with E-state index in [0.29, 0.717) is 50.6 Å². The second-order valence-corrected chi connectivity index (χ2v) is 9.66. The number of hydrogen-bond acceptors (Lipinski definition) is 6. The second kappa shape index (κ2) is 11.0. The third-order valence-electron chi connectivity index (χ3n) is 7.22. The third kappa shape index (κ3) is 5.48. The summed E-state index contributed by atoms with van der Waals surface area (Å²) in [7, 11) is 1.70. The molecule has 3 atom stereocenters. The number of nitrogens with zero attached hydrogens (tertiary/aromatic N) is 2. The number of morpholine rings is 1. The van der Waals surface area contributed by atoms with Crippen molar-refractivity contribution in [2.24, 2.45) is 0 Å². The quantitative estimate of drug-likeness (QED) is 0.655. The predicted molar refractivity (Wildman–Crippen MR) is 132 cm³/mol. The molecular formula is C27H29F2N3O6. The number of amides is 3. The zero-order valence-corrected chi connectivity index (χ0v) is 21.0. The molecule has 1 N–H and O–H groups in total. The van der Waals surface area contributed by atoms with Gasteiger partial charge in [0.05, 0.1) is 37.3 Å². The van der Waals surface area contributed by atoms with Gasteiger partial charge in [-0.05, 0) is 49.2 Å². The molecule has 3 heterocycles. The van der Waals surface area contributed by atoms with E-state index in [9.17, 15) is 23.2 Å². The van der Waals surface area contributed by atoms with Crippen LogP contribution >= 0.6 is 0 Å². The van der Waals surface area contributed by atoms with Crippen molar-refractivity contribution < 1.29 is 37.4 Å². The van der Waals surface area contributed by atoms with Gasteiger partial charge in [-0.3, -0.25) is 14.4 Å². The fourth-order valence-electron chi connectivity index (χ4n) is 5.08. The van der Waals surface area contributed by atoms with Gasteiger partial charge in [-0.15, -0.1) is 0 Å². The van der Waals surface area contributed by atoms with Gasteiger partial charge in [0.25, 0.3) is 11.8 Å². The molecule has 11 heteroatoms. The maximum absolute atomic E-state index is 13.5. The average Bonchev–Trinajstić information content (AvgIpc) is 2.93. The Morgan fingerprint density at radius 2 is 1.84 bits per heavy atom. The van der Waals surface area contributed by atoms with E-state index >= 15 is 0 Å². The van der Waals surface area contributed by atoms with Gasteiger partial charge >= 0.3 is 0 Å². The number of carbonyl (C=O) groups is 3. The Hall–Kier alpha value is -3.57. The van der Waals surface area contributed by atoms with Crippen molar-refractivity contribution in [1.29, 1.82) is 0 Å². The number of ether oxygens (including phenoxy) is 3. The van der Waals surface area contributed by atoms with Crippen LogP contribution < -0.4 is 10.1 Å². The third-order valence-corrected chi connectivity index (χ3v) is 7.22. The van der Waals surface area contributed by atoms with Crippen molar-refractivity contribution in [2.45, 2.75) is 37.5 Å². The summed E-state index contributed by atoms with van der Waals surface area (Å²) in [5.74, 6) is -2.75. The van der Waals surface area contributed by atoms with Crippen LogP contribution in [0.2, 0.25) is 0 Å². The molecule has 0 aromatic heterocycles. The zero-order valence-electron chi connectivity index (χ0n) is 21.0. The minimum Gasteiger partial charge on any atom is -0.490 e. The number of hydrogen-bond donors (Lipinski definition) is 1. The first-order chi connectivity index (χ1) is 18.3.